The summed E-state index contributed by atoms with van der Waals surface area (Å²) in [5, 5.41) is 15.3. The molecule has 3 aliphatic rings. The molecule has 0 aromatic heterocycles. The van der Waals surface area contributed by atoms with E-state index in [2.05, 4.69) is 10.6 Å². The number of carbonyl (C=O) groups is 3. The van der Waals surface area contributed by atoms with E-state index in [9.17, 15) is 19.5 Å². The highest BCUT2D eigenvalue weighted by Crippen LogP contribution is 2.32. The minimum absolute atomic E-state index is 0.0344. The highest BCUT2D eigenvalue weighted by Gasteiger charge is 2.45. The van der Waals surface area contributed by atoms with Crippen molar-refractivity contribution in [1.29, 1.82) is 0 Å². The molecule has 9 nitrogen and oxygen atoms in total. The summed E-state index contributed by atoms with van der Waals surface area (Å²) in [5.41, 5.74) is 0. The Labute approximate surface area is 181 Å². The number of amides is 3. The summed E-state index contributed by atoms with van der Waals surface area (Å²) in [6.07, 6.45) is 2.66. The van der Waals surface area contributed by atoms with Gasteiger partial charge >= 0.3 is 0 Å². The topological polar surface area (TPSA) is 117 Å². The fourth-order valence-corrected chi connectivity index (χ4v) is 4.65. The SMILES string of the molecule is CC(=O)NC1CC(NC(=O)[C@@H]2CC3OCCC3N(C(=O)COc3ccc(O)cc3)C2)C1. The third kappa shape index (κ3) is 5.10. The zero-order valence-corrected chi connectivity index (χ0v) is 17.6. The van der Waals surface area contributed by atoms with Crippen molar-refractivity contribution in [1.82, 2.24) is 15.5 Å². The number of hydrogen-bond acceptors (Lipinski definition) is 6. The predicted octanol–water partition coefficient (Wildman–Crippen LogP) is 0.560. The zero-order chi connectivity index (χ0) is 22.0. The summed E-state index contributed by atoms with van der Waals surface area (Å²) in [6, 6.07) is 6.33. The Hall–Kier alpha value is -2.81. The fourth-order valence-electron chi connectivity index (χ4n) is 4.65. The Balaban J connectivity index is 1.32. The van der Waals surface area contributed by atoms with Gasteiger partial charge in [0.15, 0.2) is 6.61 Å². The third-order valence-electron chi connectivity index (χ3n) is 6.29. The van der Waals surface area contributed by atoms with Gasteiger partial charge in [-0.3, -0.25) is 14.4 Å². The van der Waals surface area contributed by atoms with Gasteiger partial charge in [-0.2, -0.15) is 0 Å². The molecule has 3 fully saturated rings. The van der Waals surface area contributed by atoms with Crippen LogP contribution in [0.2, 0.25) is 0 Å². The van der Waals surface area contributed by atoms with E-state index in [4.69, 9.17) is 9.47 Å². The van der Waals surface area contributed by atoms with Crippen molar-refractivity contribution in [2.45, 2.75) is 56.8 Å². The monoisotopic (exact) mass is 431 g/mol. The standard InChI is InChI=1S/C22H29N3O6/c1-13(26)23-15-9-16(10-15)24-22(29)14-8-20-19(6-7-30-20)25(11-14)21(28)12-31-18-4-2-17(27)3-5-18/h2-5,14-16,19-20,27H,6-12H2,1H3,(H,23,26)(H,24,29)/t14-,15?,16?,19?,20?/m1/s1. The maximum atomic E-state index is 12.9. The van der Waals surface area contributed by atoms with Crippen LogP contribution in [0.25, 0.3) is 0 Å². The number of phenolic OH excluding ortho intramolecular Hbond substituents is 1. The van der Waals surface area contributed by atoms with Crippen molar-refractivity contribution >= 4 is 17.7 Å². The van der Waals surface area contributed by atoms with Crippen LogP contribution >= 0.6 is 0 Å². The number of benzene rings is 1. The van der Waals surface area contributed by atoms with Gasteiger partial charge in [-0.05, 0) is 49.9 Å². The van der Waals surface area contributed by atoms with Crippen LogP contribution in [0.4, 0.5) is 0 Å². The minimum Gasteiger partial charge on any atom is -0.508 e. The predicted molar refractivity (Wildman–Crippen MR) is 110 cm³/mol. The maximum absolute atomic E-state index is 12.9. The summed E-state index contributed by atoms with van der Waals surface area (Å²) < 4.78 is 11.4. The number of ether oxygens (including phenoxy) is 2. The van der Waals surface area contributed by atoms with Crippen molar-refractivity contribution in [2.75, 3.05) is 19.8 Å². The maximum Gasteiger partial charge on any atom is 0.260 e. The van der Waals surface area contributed by atoms with Gasteiger partial charge < -0.3 is 30.1 Å². The molecule has 3 N–H and O–H groups in total. The molecule has 3 atom stereocenters. The first kappa shape index (κ1) is 21.4. The largest absolute Gasteiger partial charge is 0.508 e. The number of piperidine rings is 1. The normalized spacial score (nSPS) is 29.5. The van der Waals surface area contributed by atoms with E-state index in [-0.39, 0.29) is 60.2 Å². The molecule has 1 aromatic carbocycles. The van der Waals surface area contributed by atoms with E-state index in [0.29, 0.717) is 25.3 Å². The van der Waals surface area contributed by atoms with Crippen LogP contribution in [0.5, 0.6) is 11.5 Å². The third-order valence-corrected chi connectivity index (χ3v) is 6.29. The first-order valence-electron chi connectivity index (χ1n) is 10.8. The van der Waals surface area contributed by atoms with Gasteiger partial charge in [0.2, 0.25) is 11.8 Å². The van der Waals surface area contributed by atoms with E-state index >= 15 is 0 Å². The van der Waals surface area contributed by atoms with E-state index < -0.39 is 0 Å². The molecule has 31 heavy (non-hydrogen) atoms. The average molecular weight is 431 g/mol. The van der Waals surface area contributed by atoms with Gasteiger partial charge in [0.05, 0.1) is 18.1 Å². The quantitative estimate of drug-likeness (QED) is 0.606. The summed E-state index contributed by atoms with van der Waals surface area (Å²) >= 11 is 0. The highest BCUT2D eigenvalue weighted by atomic mass is 16.5. The van der Waals surface area contributed by atoms with Gasteiger partial charge in [0.25, 0.3) is 5.91 Å². The van der Waals surface area contributed by atoms with Gasteiger partial charge in [-0.1, -0.05) is 0 Å². The van der Waals surface area contributed by atoms with E-state index in [0.717, 1.165) is 19.3 Å². The first-order valence-corrected chi connectivity index (χ1v) is 10.8. The molecule has 1 aliphatic carbocycles. The Kier molecular flexibility index (Phi) is 6.31. The number of carbonyl (C=O) groups excluding carboxylic acids is 3. The molecule has 0 spiro atoms. The molecule has 168 valence electrons. The number of hydrogen-bond donors (Lipinski definition) is 3. The average Bonchev–Trinajstić information content (AvgIpc) is 3.19. The first-order chi connectivity index (χ1) is 14.9. The molecular weight excluding hydrogens is 402 g/mol. The lowest BCUT2D eigenvalue weighted by atomic mass is 9.85. The molecule has 9 heteroatoms. The number of likely N-dealkylation sites (tertiary alicyclic amines) is 1. The molecule has 0 radical (unpaired) electrons. The number of nitrogens with one attached hydrogen (secondary N) is 2. The number of phenols is 1. The Morgan fingerprint density at radius 1 is 1.13 bits per heavy atom. The lowest BCUT2D eigenvalue weighted by Gasteiger charge is -2.42. The number of rotatable bonds is 6. The van der Waals surface area contributed by atoms with Crippen molar-refractivity contribution < 1.29 is 29.0 Å². The minimum atomic E-state index is -0.336. The molecule has 1 saturated carbocycles. The Morgan fingerprint density at radius 2 is 1.84 bits per heavy atom. The highest BCUT2D eigenvalue weighted by molar-refractivity contribution is 5.82. The molecule has 1 aromatic rings. The van der Waals surface area contributed by atoms with Crippen LogP contribution in [0.1, 0.15) is 32.6 Å². The van der Waals surface area contributed by atoms with E-state index in [1.807, 2.05) is 0 Å². The van der Waals surface area contributed by atoms with Crippen LogP contribution in [-0.4, -0.2) is 71.7 Å². The van der Waals surface area contributed by atoms with E-state index in [1.54, 1.807) is 17.0 Å². The van der Waals surface area contributed by atoms with Crippen molar-refractivity contribution in [3.63, 3.8) is 0 Å². The smallest absolute Gasteiger partial charge is 0.260 e. The summed E-state index contributed by atoms with van der Waals surface area (Å²) in [7, 11) is 0. The second-order valence-corrected chi connectivity index (χ2v) is 8.60. The summed E-state index contributed by atoms with van der Waals surface area (Å²) in [4.78, 5) is 38.6. The molecule has 2 aliphatic heterocycles. The van der Waals surface area contributed by atoms with Crippen LogP contribution in [0.3, 0.4) is 0 Å². The molecule has 2 saturated heterocycles. The van der Waals surface area contributed by atoms with E-state index in [1.165, 1.54) is 19.1 Å². The zero-order valence-electron chi connectivity index (χ0n) is 17.6. The number of fused-ring (bicyclic) bond motifs is 1. The van der Waals surface area contributed by atoms with Crippen molar-refractivity contribution in [2.24, 2.45) is 5.92 Å². The second kappa shape index (κ2) is 9.13. The summed E-state index contributed by atoms with van der Waals surface area (Å²) in [6.45, 7) is 2.27. The van der Waals surface area contributed by atoms with Crippen LogP contribution in [0.15, 0.2) is 24.3 Å². The van der Waals surface area contributed by atoms with Crippen molar-refractivity contribution in [3.8, 4) is 11.5 Å². The van der Waals surface area contributed by atoms with Gasteiger partial charge in [0.1, 0.15) is 11.5 Å². The number of nitrogens with zero attached hydrogens (tertiary/aromatic N) is 1. The lowest BCUT2D eigenvalue weighted by Crippen LogP contribution is -2.59. The van der Waals surface area contributed by atoms with Crippen molar-refractivity contribution in [3.05, 3.63) is 24.3 Å². The van der Waals surface area contributed by atoms with Gasteiger partial charge in [-0.15, -0.1) is 0 Å². The molecule has 2 heterocycles. The van der Waals surface area contributed by atoms with Gasteiger partial charge in [-0.25, -0.2) is 0 Å². The number of aromatic hydroxyl groups is 1. The van der Waals surface area contributed by atoms with Gasteiger partial charge in [0, 0.05) is 32.2 Å². The molecule has 3 amide bonds. The van der Waals surface area contributed by atoms with Crippen LogP contribution in [0, 0.1) is 5.92 Å². The Bertz CT molecular complexity index is 823. The summed E-state index contributed by atoms with van der Waals surface area (Å²) in [5.74, 6) is -0.0235. The molecule has 2 unspecified atom stereocenters. The lowest BCUT2D eigenvalue weighted by molar-refractivity contribution is -0.144. The molecule has 0 bridgehead atoms. The fraction of sp³-hybridized carbons (Fsp3) is 0.591. The Morgan fingerprint density at radius 3 is 2.55 bits per heavy atom. The van der Waals surface area contributed by atoms with Crippen LogP contribution < -0.4 is 15.4 Å². The van der Waals surface area contributed by atoms with Crippen LogP contribution in [-0.2, 0) is 19.1 Å². The molecule has 4 rings (SSSR count). The molecular formula is C22H29N3O6. The second-order valence-electron chi connectivity index (χ2n) is 8.60.